The molecule has 0 rings (SSSR count). The molecule has 0 saturated heterocycles. The van der Waals surface area contributed by atoms with Crippen LogP contribution < -0.4 is 0 Å². The zero-order chi connectivity index (χ0) is 7.98. The lowest BCUT2D eigenvalue weighted by atomic mass is 9.97. The van der Waals surface area contributed by atoms with E-state index in [0.29, 0.717) is 6.42 Å². The van der Waals surface area contributed by atoms with E-state index in [2.05, 4.69) is 20.8 Å². The average Bonchev–Trinajstić information content (AvgIpc) is 1.90. The Balaban J connectivity index is 3.34. The minimum Gasteiger partial charge on any atom is -0.300 e. The van der Waals surface area contributed by atoms with Gasteiger partial charge in [0.05, 0.1) is 0 Å². The molecule has 10 heavy (non-hydrogen) atoms. The summed E-state index contributed by atoms with van der Waals surface area (Å²) >= 11 is 0. The molecular formula is C9H17O. The van der Waals surface area contributed by atoms with Crippen LogP contribution in [0.4, 0.5) is 0 Å². The Morgan fingerprint density at radius 3 is 2.20 bits per heavy atom. The summed E-state index contributed by atoms with van der Waals surface area (Å²) in [4.78, 5) is 10.5. The third-order valence-electron chi connectivity index (χ3n) is 1.99. The van der Waals surface area contributed by atoms with Crippen molar-refractivity contribution in [3.05, 3.63) is 6.92 Å². The topological polar surface area (TPSA) is 17.1 Å². The number of hydrogen-bond acceptors (Lipinski definition) is 1. The van der Waals surface area contributed by atoms with Crippen LogP contribution in [0, 0.1) is 12.8 Å². The predicted molar refractivity (Wildman–Crippen MR) is 43.7 cm³/mol. The van der Waals surface area contributed by atoms with Crippen molar-refractivity contribution in [2.24, 2.45) is 5.92 Å². The minimum atomic E-state index is 0.0758. The molecular weight excluding hydrogens is 124 g/mol. The van der Waals surface area contributed by atoms with Crippen LogP contribution >= 0.6 is 0 Å². The molecule has 0 spiro atoms. The first-order valence-corrected chi connectivity index (χ1v) is 4.05. The third-order valence-corrected chi connectivity index (χ3v) is 1.99. The SMILES string of the molecule is [CH2]C(=O)CCC(CC)CC. The first-order chi connectivity index (χ1) is 4.70. The van der Waals surface area contributed by atoms with Gasteiger partial charge < -0.3 is 0 Å². The van der Waals surface area contributed by atoms with Crippen molar-refractivity contribution >= 4 is 5.78 Å². The summed E-state index contributed by atoms with van der Waals surface area (Å²) in [5.41, 5.74) is 0. The lowest BCUT2D eigenvalue weighted by Gasteiger charge is -2.09. The van der Waals surface area contributed by atoms with Gasteiger partial charge in [0.15, 0.2) is 0 Å². The Morgan fingerprint density at radius 2 is 1.90 bits per heavy atom. The molecule has 0 aliphatic heterocycles. The molecule has 0 saturated carbocycles. The zero-order valence-corrected chi connectivity index (χ0v) is 7.02. The van der Waals surface area contributed by atoms with Gasteiger partial charge in [-0.1, -0.05) is 26.7 Å². The van der Waals surface area contributed by atoms with E-state index in [1.807, 2.05) is 0 Å². The molecule has 0 bridgehead atoms. The Morgan fingerprint density at radius 1 is 1.40 bits per heavy atom. The van der Waals surface area contributed by atoms with E-state index in [9.17, 15) is 4.79 Å². The van der Waals surface area contributed by atoms with E-state index in [-0.39, 0.29) is 5.78 Å². The molecule has 0 aromatic rings. The highest BCUT2D eigenvalue weighted by Crippen LogP contribution is 2.14. The lowest BCUT2D eigenvalue weighted by Crippen LogP contribution is -2.00. The first kappa shape index (κ1) is 9.67. The van der Waals surface area contributed by atoms with Crippen LogP contribution in [0.15, 0.2) is 0 Å². The summed E-state index contributed by atoms with van der Waals surface area (Å²) in [5.74, 6) is 0.803. The van der Waals surface area contributed by atoms with Crippen molar-refractivity contribution < 1.29 is 4.79 Å². The Labute approximate surface area is 63.8 Å². The molecule has 1 radical (unpaired) electrons. The zero-order valence-electron chi connectivity index (χ0n) is 7.02. The standard InChI is InChI=1S/C9H17O/c1-4-9(5-2)7-6-8(3)10/h9H,3-7H2,1-2H3. The van der Waals surface area contributed by atoms with Gasteiger partial charge in [-0.2, -0.15) is 0 Å². The molecule has 0 aliphatic carbocycles. The molecule has 0 N–H and O–H groups in total. The van der Waals surface area contributed by atoms with E-state index >= 15 is 0 Å². The maximum absolute atomic E-state index is 10.5. The molecule has 0 amide bonds. The number of Topliss-reactive ketones (excluding diaryl/α,β-unsaturated/α-hetero) is 1. The monoisotopic (exact) mass is 141 g/mol. The van der Waals surface area contributed by atoms with Crippen molar-refractivity contribution in [1.29, 1.82) is 0 Å². The largest absolute Gasteiger partial charge is 0.300 e. The normalized spacial score (nSPS) is 10.4. The molecule has 1 heteroatoms. The van der Waals surface area contributed by atoms with Crippen LogP contribution in [0.3, 0.4) is 0 Å². The van der Waals surface area contributed by atoms with Crippen LogP contribution in [0.5, 0.6) is 0 Å². The smallest absolute Gasteiger partial charge is 0.133 e. The van der Waals surface area contributed by atoms with E-state index in [1.54, 1.807) is 0 Å². The van der Waals surface area contributed by atoms with Gasteiger partial charge in [0.25, 0.3) is 0 Å². The molecule has 0 heterocycles. The molecule has 0 aromatic carbocycles. The van der Waals surface area contributed by atoms with Crippen LogP contribution in [0.25, 0.3) is 0 Å². The molecule has 0 fully saturated rings. The fourth-order valence-electron chi connectivity index (χ4n) is 1.06. The maximum Gasteiger partial charge on any atom is 0.133 e. The third kappa shape index (κ3) is 4.54. The molecule has 0 aromatic heterocycles. The van der Waals surface area contributed by atoms with Crippen molar-refractivity contribution in [3.8, 4) is 0 Å². The quantitative estimate of drug-likeness (QED) is 0.575. The summed E-state index contributed by atoms with van der Waals surface area (Å²) in [6.07, 6.45) is 4.05. The first-order valence-electron chi connectivity index (χ1n) is 4.05. The van der Waals surface area contributed by atoms with Crippen molar-refractivity contribution in [1.82, 2.24) is 0 Å². The number of carbonyl (C=O) groups excluding carboxylic acids is 1. The van der Waals surface area contributed by atoms with Gasteiger partial charge in [-0.25, -0.2) is 0 Å². The van der Waals surface area contributed by atoms with Crippen LogP contribution in [0.1, 0.15) is 39.5 Å². The van der Waals surface area contributed by atoms with Gasteiger partial charge in [-0.15, -0.1) is 0 Å². The molecule has 0 aliphatic rings. The molecule has 59 valence electrons. The average molecular weight is 141 g/mol. The summed E-state index contributed by atoms with van der Waals surface area (Å²) < 4.78 is 0. The minimum absolute atomic E-state index is 0.0758. The molecule has 0 unspecified atom stereocenters. The number of hydrogen-bond donors (Lipinski definition) is 0. The van der Waals surface area contributed by atoms with Crippen LogP contribution in [0.2, 0.25) is 0 Å². The summed E-state index contributed by atoms with van der Waals surface area (Å²) in [5, 5.41) is 0. The van der Waals surface area contributed by atoms with Gasteiger partial charge >= 0.3 is 0 Å². The van der Waals surface area contributed by atoms with E-state index < -0.39 is 0 Å². The number of ketones is 1. The van der Waals surface area contributed by atoms with Crippen molar-refractivity contribution in [2.45, 2.75) is 39.5 Å². The van der Waals surface area contributed by atoms with Gasteiger partial charge in [-0.05, 0) is 12.3 Å². The van der Waals surface area contributed by atoms with Gasteiger partial charge in [-0.3, -0.25) is 4.79 Å². The molecule has 1 nitrogen and oxygen atoms in total. The highest BCUT2D eigenvalue weighted by Gasteiger charge is 2.03. The van der Waals surface area contributed by atoms with Crippen LogP contribution in [-0.2, 0) is 4.79 Å². The second kappa shape index (κ2) is 5.45. The van der Waals surface area contributed by atoms with Gasteiger partial charge in [0.2, 0.25) is 0 Å². The second-order valence-electron chi connectivity index (χ2n) is 2.76. The number of carbonyl (C=O) groups is 1. The fourth-order valence-corrected chi connectivity index (χ4v) is 1.06. The van der Waals surface area contributed by atoms with E-state index in [1.165, 1.54) is 12.8 Å². The van der Waals surface area contributed by atoms with E-state index in [0.717, 1.165) is 12.3 Å². The Kier molecular flexibility index (Phi) is 5.27. The van der Waals surface area contributed by atoms with Crippen LogP contribution in [-0.4, -0.2) is 5.78 Å². The second-order valence-corrected chi connectivity index (χ2v) is 2.76. The van der Waals surface area contributed by atoms with Gasteiger partial charge in [0, 0.05) is 13.3 Å². The summed E-state index contributed by atoms with van der Waals surface area (Å²) in [6.45, 7) is 7.68. The molecule has 0 atom stereocenters. The number of rotatable bonds is 5. The lowest BCUT2D eigenvalue weighted by molar-refractivity contribution is -0.115. The summed E-state index contributed by atoms with van der Waals surface area (Å²) in [7, 11) is 0. The van der Waals surface area contributed by atoms with Crippen molar-refractivity contribution in [2.75, 3.05) is 0 Å². The predicted octanol–water partition coefficient (Wildman–Crippen LogP) is 2.61. The maximum atomic E-state index is 10.5. The van der Waals surface area contributed by atoms with Gasteiger partial charge in [0.1, 0.15) is 5.78 Å². The van der Waals surface area contributed by atoms with E-state index in [4.69, 9.17) is 0 Å². The Bertz CT molecular complexity index is 92.9. The highest BCUT2D eigenvalue weighted by molar-refractivity contribution is 5.82. The fraction of sp³-hybridized carbons (Fsp3) is 0.778. The summed E-state index contributed by atoms with van der Waals surface area (Å²) in [6, 6.07) is 0. The highest BCUT2D eigenvalue weighted by atomic mass is 16.1. The Hall–Kier alpha value is -0.330. The van der Waals surface area contributed by atoms with Crippen molar-refractivity contribution in [3.63, 3.8) is 0 Å².